The van der Waals surface area contributed by atoms with Crippen LogP contribution in [0.4, 0.5) is 5.69 Å². The van der Waals surface area contributed by atoms with Crippen LogP contribution in [0.1, 0.15) is 83.6 Å². The Bertz CT molecular complexity index is 985. The fourth-order valence-corrected chi connectivity index (χ4v) is 8.62. The summed E-state index contributed by atoms with van der Waals surface area (Å²) in [6.45, 7) is 8.46. The second-order valence-corrected chi connectivity index (χ2v) is 13.7. The lowest BCUT2D eigenvalue weighted by Crippen LogP contribution is -2.52. The van der Waals surface area contributed by atoms with Crippen LogP contribution in [0.5, 0.6) is 0 Å². The predicted molar refractivity (Wildman–Crippen MR) is 140 cm³/mol. The van der Waals surface area contributed by atoms with Gasteiger partial charge in [-0.1, -0.05) is 44.1 Å². The zero-order valence-electron chi connectivity index (χ0n) is 22.5. The molecule has 2 saturated carbocycles. The molecule has 6 atom stereocenters. The maximum atomic E-state index is 11.1. The third-order valence-electron chi connectivity index (χ3n) is 10.6. The van der Waals surface area contributed by atoms with Gasteiger partial charge >= 0.3 is 0 Å². The van der Waals surface area contributed by atoms with Crippen molar-refractivity contribution in [3.63, 3.8) is 0 Å². The molecule has 6 rings (SSSR count). The summed E-state index contributed by atoms with van der Waals surface area (Å²) in [5.41, 5.74) is 6.23. The Labute approximate surface area is 212 Å². The Hall–Kier alpha value is -1.36. The first-order chi connectivity index (χ1) is 16.6. The van der Waals surface area contributed by atoms with E-state index >= 15 is 0 Å². The van der Waals surface area contributed by atoms with Gasteiger partial charge in [0.2, 0.25) is 0 Å². The number of anilines is 1. The smallest absolute Gasteiger partial charge is 0.172 e. The molecule has 3 fully saturated rings. The molecular formula is C31H45NO3. The first kappa shape index (κ1) is 24.0. The van der Waals surface area contributed by atoms with E-state index in [0.29, 0.717) is 23.7 Å². The molecule has 1 aromatic rings. The number of nitrogens with zero attached hydrogens (tertiary/aromatic N) is 1. The first-order valence-electron chi connectivity index (χ1n) is 14.0. The SMILES string of the molecule is CN(C)c1ccc([C@H]2C[C@]3(C)[C@@H](O)CC[C@H]3[C@@H]3CCC4=C(CCC5(C4)OCC(C)(C)CO5)[C@H]32)cc1. The van der Waals surface area contributed by atoms with Crippen molar-refractivity contribution in [3.8, 4) is 0 Å². The van der Waals surface area contributed by atoms with E-state index < -0.39 is 5.79 Å². The number of allylic oxidation sites excluding steroid dienone is 1. The Morgan fingerprint density at radius 2 is 1.66 bits per heavy atom. The molecule has 4 nitrogen and oxygen atoms in total. The van der Waals surface area contributed by atoms with Crippen LogP contribution in [0.15, 0.2) is 35.4 Å². The summed E-state index contributed by atoms with van der Waals surface area (Å²) in [5.74, 6) is 2.02. The Balaban J connectivity index is 1.36. The number of aliphatic hydroxyl groups excluding tert-OH is 1. The van der Waals surface area contributed by atoms with Gasteiger partial charge in [-0.15, -0.1) is 0 Å². The molecule has 192 valence electrons. The fraction of sp³-hybridized carbons (Fsp3) is 0.742. The average molecular weight is 480 g/mol. The molecule has 0 amide bonds. The van der Waals surface area contributed by atoms with Gasteiger partial charge in [0, 0.05) is 38.0 Å². The van der Waals surface area contributed by atoms with Crippen molar-refractivity contribution >= 4 is 5.69 Å². The fourth-order valence-electron chi connectivity index (χ4n) is 8.62. The van der Waals surface area contributed by atoms with Crippen molar-refractivity contribution in [2.75, 3.05) is 32.2 Å². The minimum atomic E-state index is -0.392. The van der Waals surface area contributed by atoms with Crippen LogP contribution in [0.2, 0.25) is 0 Å². The summed E-state index contributed by atoms with van der Waals surface area (Å²) in [5, 5.41) is 11.1. The lowest BCUT2D eigenvalue weighted by molar-refractivity contribution is -0.303. The third kappa shape index (κ3) is 3.90. The molecule has 1 N–H and O–H groups in total. The molecule has 0 radical (unpaired) electrons. The van der Waals surface area contributed by atoms with E-state index in [4.69, 9.17) is 9.47 Å². The molecule has 0 bridgehead atoms. The summed E-state index contributed by atoms with van der Waals surface area (Å²) >= 11 is 0. The lowest BCUT2D eigenvalue weighted by Gasteiger charge is -2.56. The van der Waals surface area contributed by atoms with Gasteiger partial charge in [0.1, 0.15) is 0 Å². The minimum Gasteiger partial charge on any atom is -0.393 e. The topological polar surface area (TPSA) is 41.9 Å². The molecule has 4 heteroatoms. The van der Waals surface area contributed by atoms with Crippen molar-refractivity contribution in [2.24, 2.45) is 28.6 Å². The predicted octanol–water partition coefficient (Wildman–Crippen LogP) is 6.29. The zero-order chi connectivity index (χ0) is 24.6. The van der Waals surface area contributed by atoms with Gasteiger partial charge in [0.15, 0.2) is 5.79 Å². The van der Waals surface area contributed by atoms with Crippen molar-refractivity contribution in [1.29, 1.82) is 0 Å². The van der Waals surface area contributed by atoms with Crippen LogP contribution in [-0.4, -0.2) is 44.3 Å². The Kier molecular flexibility index (Phi) is 5.71. The molecule has 4 aliphatic carbocycles. The zero-order valence-corrected chi connectivity index (χ0v) is 22.5. The summed E-state index contributed by atoms with van der Waals surface area (Å²) in [4.78, 5) is 2.18. The van der Waals surface area contributed by atoms with E-state index in [1.165, 1.54) is 30.5 Å². The maximum Gasteiger partial charge on any atom is 0.172 e. The van der Waals surface area contributed by atoms with E-state index in [-0.39, 0.29) is 16.9 Å². The normalized spacial score (nSPS) is 39.7. The van der Waals surface area contributed by atoms with Gasteiger partial charge in [0.25, 0.3) is 0 Å². The first-order valence-corrected chi connectivity index (χ1v) is 14.0. The third-order valence-corrected chi connectivity index (χ3v) is 10.6. The molecule has 35 heavy (non-hydrogen) atoms. The largest absolute Gasteiger partial charge is 0.393 e. The standard InChI is InChI=1S/C31H45NO3/c1-29(2)18-34-31(35-19-29)15-14-23-21(16-31)8-11-24-26-12-13-27(33)30(26,3)17-25(28(23)24)20-6-9-22(10-7-20)32(4)5/h6-7,9-10,24-28,33H,8,11-19H2,1-5H3/t24-,25+,26-,27-,28+,30-/m0/s1. The van der Waals surface area contributed by atoms with Crippen LogP contribution in [0, 0.1) is 28.6 Å². The maximum absolute atomic E-state index is 11.1. The molecule has 1 saturated heterocycles. The molecule has 0 unspecified atom stereocenters. The van der Waals surface area contributed by atoms with Crippen LogP contribution in [0.3, 0.4) is 0 Å². The number of fused-ring (bicyclic) bond motifs is 4. The van der Waals surface area contributed by atoms with E-state index in [1.807, 2.05) is 0 Å². The molecule has 5 aliphatic rings. The quantitative estimate of drug-likeness (QED) is 0.506. The van der Waals surface area contributed by atoms with E-state index in [0.717, 1.165) is 45.3 Å². The summed E-state index contributed by atoms with van der Waals surface area (Å²) in [6, 6.07) is 9.31. The molecule has 0 aromatic heterocycles. The second kappa shape index (κ2) is 8.33. The number of hydrogen-bond acceptors (Lipinski definition) is 4. The highest BCUT2D eigenvalue weighted by Crippen LogP contribution is 2.65. The van der Waals surface area contributed by atoms with Crippen molar-refractivity contribution in [1.82, 2.24) is 0 Å². The van der Waals surface area contributed by atoms with Gasteiger partial charge in [0.05, 0.1) is 19.3 Å². The van der Waals surface area contributed by atoms with Gasteiger partial charge in [-0.25, -0.2) is 0 Å². The summed E-state index contributed by atoms with van der Waals surface area (Å²) < 4.78 is 12.9. The highest BCUT2D eigenvalue weighted by molar-refractivity contribution is 5.47. The number of benzene rings is 1. The van der Waals surface area contributed by atoms with Gasteiger partial charge in [-0.3, -0.25) is 0 Å². The second-order valence-electron chi connectivity index (χ2n) is 13.7. The number of rotatable bonds is 2. The lowest BCUT2D eigenvalue weighted by atomic mass is 9.49. The van der Waals surface area contributed by atoms with Crippen LogP contribution >= 0.6 is 0 Å². The molecule has 1 heterocycles. The minimum absolute atomic E-state index is 0.0428. The Morgan fingerprint density at radius 1 is 0.943 bits per heavy atom. The summed E-state index contributed by atoms with van der Waals surface area (Å²) in [7, 11) is 4.22. The van der Waals surface area contributed by atoms with Gasteiger partial charge < -0.3 is 19.5 Å². The molecule has 1 aliphatic heterocycles. The number of hydrogen-bond donors (Lipinski definition) is 1. The van der Waals surface area contributed by atoms with E-state index in [2.05, 4.69) is 64.0 Å². The summed E-state index contributed by atoms with van der Waals surface area (Å²) in [6.07, 6.45) is 8.60. The highest BCUT2D eigenvalue weighted by Gasteiger charge is 2.59. The molecular weight excluding hydrogens is 434 g/mol. The van der Waals surface area contributed by atoms with Crippen LogP contribution in [-0.2, 0) is 9.47 Å². The van der Waals surface area contributed by atoms with E-state index in [1.54, 1.807) is 11.1 Å². The van der Waals surface area contributed by atoms with Crippen molar-refractivity contribution in [3.05, 3.63) is 41.0 Å². The van der Waals surface area contributed by atoms with Crippen molar-refractivity contribution < 1.29 is 14.6 Å². The van der Waals surface area contributed by atoms with Crippen molar-refractivity contribution in [2.45, 2.75) is 89.9 Å². The van der Waals surface area contributed by atoms with Crippen LogP contribution < -0.4 is 4.90 Å². The number of ether oxygens (including phenoxy) is 2. The average Bonchev–Trinajstić information content (AvgIpc) is 3.14. The Morgan fingerprint density at radius 3 is 2.34 bits per heavy atom. The number of aliphatic hydroxyl groups is 1. The van der Waals surface area contributed by atoms with Gasteiger partial charge in [-0.2, -0.15) is 0 Å². The van der Waals surface area contributed by atoms with Crippen LogP contribution in [0.25, 0.3) is 0 Å². The van der Waals surface area contributed by atoms with Gasteiger partial charge in [-0.05, 0) is 85.3 Å². The monoisotopic (exact) mass is 479 g/mol. The van der Waals surface area contributed by atoms with E-state index in [9.17, 15) is 5.11 Å². The molecule has 1 spiro atoms. The highest BCUT2D eigenvalue weighted by atomic mass is 16.7. The molecule has 1 aromatic carbocycles.